The van der Waals surface area contributed by atoms with Crippen LogP contribution in [0.25, 0.3) is 0 Å². The second-order valence-electron chi connectivity index (χ2n) is 4.79. The molecule has 5 nitrogen and oxygen atoms in total. The normalized spacial score (nSPS) is 22.8. The molecular formula is C13H16BrN3O2. The van der Waals surface area contributed by atoms with Gasteiger partial charge in [-0.2, -0.15) is 0 Å². The molecule has 2 rings (SSSR count). The average Bonchev–Trinajstić information content (AvgIpc) is 2.39. The number of nitrogens with zero attached hydrogens (tertiary/aromatic N) is 1. The van der Waals surface area contributed by atoms with Crippen LogP contribution in [-0.2, 0) is 4.79 Å². The summed E-state index contributed by atoms with van der Waals surface area (Å²) in [5.74, 6) is -0.378. The summed E-state index contributed by atoms with van der Waals surface area (Å²) in [5.41, 5.74) is 5.87. The highest BCUT2D eigenvalue weighted by Crippen LogP contribution is 2.24. The van der Waals surface area contributed by atoms with Crippen molar-refractivity contribution in [3.8, 4) is 0 Å². The Labute approximate surface area is 120 Å². The third-order valence-electron chi connectivity index (χ3n) is 3.45. The summed E-state index contributed by atoms with van der Waals surface area (Å²) in [6, 6.07) is 3.48. The van der Waals surface area contributed by atoms with Crippen molar-refractivity contribution in [3.05, 3.63) is 28.5 Å². The monoisotopic (exact) mass is 325 g/mol. The summed E-state index contributed by atoms with van der Waals surface area (Å²) in [6.45, 7) is 0. The van der Waals surface area contributed by atoms with E-state index in [4.69, 9.17) is 5.73 Å². The lowest BCUT2D eigenvalue weighted by Crippen LogP contribution is -2.39. The molecule has 1 aliphatic carbocycles. The number of nitrogens with two attached hydrogens (primary N) is 1. The summed E-state index contributed by atoms with van der Waals surface area (Å²) < 4.78 is 0.637. The van der Waals surface area contributed by atoms with Crippen molar-refractivity contribution in [2.45, 2.75) is 31.7 Å². The van der Waals surface area contributed by atoms with Crippen LogP contribution in [0.3, 0.4) is 0 Å². The van der Waals surface area contributed by atoms with Crippen LogP contribution in [0.5, 0.6) is 0 Å². The van der Waals surface area contributed by atoms with Gasteiger partial charge in [-0.25, -0.2) is 4.98 Å². The van der Waals surface area contributed by atoms with Crippen molar-refractivity contribution in [3.63, 3.8) is 0 Å². The Morgan fingerprint density at radius 1 is 1.32 bits per heavy atom. The largest absolute Gasteiger partial charge is 0.369 e. The Bertz CT molecular complexity index is 485. The Hall–Kier alpha value is -1.43. The number of hydrogen-bond acceptors (Lipinski definition) is 3. The van der Waals surface area contributed by atoms with Gasteiger partial charge in [0.2, 0.25) is 5.91 Å². The van der Waals surface area contributed by atoms with Crippen LogP contribution in [-0.4, -0.2) is 22.8 Å². The van der Waals surface area contributed by atoms with E-state index in [2.05, 4.69) is 26.2 Å². The second-order valence-corrected chi connectivity index (χ2v) is 5.60. The maximum Gasteiger partial charge on any atom is 0.251 e. The minimum Gasteiger partial charge on any atom is -0.369 e. The van der Waals surface area contributed by atoms with Gasteiger partial charge in [-0.3, -0.25) is 9.59 Å². The first kappa shape index (κ1) is 14.0. The maximum atomic E-state index is 12.0. The van der Waals surface area contributed by atoms with E-state index in [1.165, 1.54) is 0 Å². The molecule has 102 valence electrons. The molecule has 6 heteroatoms. The molecule has 19 heavy (non-hydrogen) atoms. The first-order chi connectivity index (χ1) is 9.06. The molecule has 0 bridgehead atoms. The van der Waals surface area contributed by atoms with Crippen LogP contribution in [0.2, 0.25) is 0 Å². The van der Waals surface area contributed by atoms with Crippen LogP contribution in [0, 0.1) is 5.92 Å². The predicted molar refractivity (Wildman–Crippen MR) is 74.3 cm³/mol. The van der Waals surface area contributed by atoms with Crippen molar-refractivity contribution in [1.82, 2.24) is 10.3 Å². The van der Waals surface area contributed by atoms with Gasteiger partial charge in [0.05, 0.1) is 0 Å². The smallest absolute Gasteiger partial charge is 0.251 e. The topological polar surface area (TPSA) is 85.1 Å². The lowest BCUT2D eigenvalue weighted by molar-refractivity contribution is -0.122. The number of amides is 2. The van der Waals surface area contributed by atoms with Crippen LogP contribution < -0.4 is 11.1 Å². The SMILES string of the molecule is NC(=O)C1CCC(NC(=O)c2ccnc(Br)c2)CC1. The Morgan fingerprint density at radius 2 is 2.00 bits per heavy atom. The van der Waals surface area contributed by atoms with Crippen molar-refractivity contribution in [1.29, 1.82) is 0 Å². The fourth-order valence-electron chi connectivity index (χ4n) is 2.33. The van der Waals surface area contributed by atoms with E-state index < -0.39 is 0 Å². The third-order valence-corrected chi connectivity index (χ3v) is 3.89. The molecule has 0 radical (unpaired) electrons. The third kappa shape index (κ3) is 3.76. The molecule has 1 aliphatic rings. The highest BCUT2D eigenvalue weighted by Gasteiger charge is 2.25. The average molecular weight is 326 g/mol. The Kier molecular flexibility index (Phi) is 4.52. The van der Waals surface area contributed by atoms with Crippen LogP contribution in [0.15, 0.2) is 22.9 Å². The van der Waals surface area contributed by atoms with E-state index in [0.29, 0.717) is 10.2 Å². The number of hydrogen-bond donors (Lipinski definition) is 2. The molecule has 3 N–H and O–H groups in total. The Balaban J connectivity index is 1.89. The highest BCUT2D eigenvalue weighted by molar-refractivity contribution is 9.10. The van der Waals surface area contributed by atoms with E-state index in [-0.39, 0.29) is 23.8 Å². The van der Waals surface area contributed by atoms with Crippen molar-refractivity contribution in [2.24, 2.45) is 11.7 Å². The van der Waals surface area contributed by atoms with Gasteiger partial charge in [0, 0.05) is 23.7 Å². The fourth-order valence-corrected chi connectivity index (χ4v) is 2.70. The fraction of sp³-hybridized carbons (Fsp3) is 0.462. The number of carbonyl (C=O) groups excluding carboxylic acids is 2. The first-order valence-electron chi connectivity index (χ1n) is 6.28. The molecule has 2 amide bonds. The molecule has 1 fully saturated rings. The molecule has 0 saturated heterocycles. The van der Waals surface area contributed by atoms with E-state index in [1.807, 2.05) is 0 Å². The van der Waals surface area contributed by atoms with Gasteiger partial charge in [-0.05, 0) is 53.7 Å². The zero-order chi connectivity index (χ0) is 13.8. The van der Waals surface area contributed by atoms with Gasteiger partial charge >= 0.3 is 0 Å². The number of aromatic nitrogens is 1. The highest BCUT2D eigenvalue weighted by atomic mass is 79.9. The molecule has 0 aromatic carbocycles. The van der Waals surface area contributed by atoms with E-state index in [0.717, 1.165) is 25.7 Å². The number of carbonyl (C=O) groups is 2. The first-order valence-corrected chi connectivity index (χ1v) is 7.07. The molecular weight excluding hydrogens is 310 g/mol. The standard InChI is InChI=1S/C13H16BrN3O2/c14-11-7-9(5-6-16-11)13(19)17-10-3-1-8(2-4-10)12(15)18/h5-8,10H,1-4H2,(H2,15,18)(H,17,19). The van der Waals surface area contributed by atoms with E-state index in [1.54, 1.807) is 18.3 Å². The number of rotatable bonds is 3. The van der Waals surface area contributed by atoms with E-state index >= 15 is 0 Å². The number of nitrogens with one attached hydrogen (secondary N) is 1. The van der Waals surface area contributed by atoms with Crippen molar-refractivity contribution in [2.75, 3.05) is 0 Å². The van der Waals surface area contributed by atoms with Gasteiger partial charge in [0.25, 0.3) is 5.91 Å². The second kappa shape index (κ2) is 6.14. The molecule has 1 heterocycles. The van der Waals surface area contributed by atoms with Crippen LogP contribution >= 0.6 is 15.9 Å². The maximum absolute atomic E-state index is 12.0. The van der Waals surface area contributed by atoms with Crippen LogP contribution in [0.4, 0.5) is 0 Å². The number of primary amides is 1. The molecule has 1 aromatic rings. The number of halogens is 1. The zero-order valence-corrected chi connectivity index (χ0v) is 12.0. The van der Waals surface area contributed by atoms with Crippen LogP contribution in [0.1, 0.15) is 36.0 Å². The summed E-state index contributed by atoms with van der Waals surface area (Å²) in [6.07, 6.45) is 4.68. The predicted octanol–water partition coefficient (Wildman–Crippen LogP) is 1.62. The van der Waals surface area contributed by atoms with Crippen molar-refractivity contribution < 1.29 is 9.59 Å². The molecule has 0 spiro atoms. The van der Waals surface area contributed by atoms with Gasteiger partial charge in [0.1, 0.15) is 4.60 Å². The number of pyridine rings is 1. The van der Waals surface area contributed by atoms with Gasteiger partial charge in [-0.1, -0.05) is 0 Å². The van der Waals surface area contributed by atoms with Gasteiger partial charge < -0.3 is 11.1 Å². The molecule has 1 saturated carbocycles. The minimum absolute atomic E-state index is 0.0387. The summed E-state index contributed by atoms with van der Waals surface area (Å²) in [4.78, 5) is 27.1. The van der Waals surface area contributed by atoms with Gasteiger partial charge in [-0.15, -0.1) is 0 Å². The molecule has 0 unspecified atom stereocenters. The Morgan fingerprint density at radius 3 is 2.58 bits per heavy atom. The van der Waals surface area contributed by atoms with Crippen molar-refractivity contribution >= 4 is 27.7 Å². The minimum atomic E-state index is -0.233. The lowest BCUT2D eigenvalue weighted by atomic mass is 9.85. The zero-order valence-electron chi connectivity index (χ0n) is 10.4. The summed E-state index contributed by atoms with van der Waals surface area (Å²) >= 11 is 3.24. The summed E-state index contributed by atoms with van der Waals surface area (Å²) in [7, 11) is 0. The lowest BCUT2D eigenvalue weighted by Gasteiger charge is -2.27. The van der Waals surface area contributed by atoms with E-state index in [9.17, 15) is 9.59 Å². The summed E-state index contributed by atoms with van der Waals surface area (Å²) in [5, 5.41) is 2.98. The molecule has 0 atom stereocenters. The quantitative estimate of drug-likeness (QED) is 0.828. The molecule has 1 aromatic heterocycles. The van der Waals surface area contributed by atoms with Gasteiger partial charge in [0.15, 0.2) is 0 Å². The molecule has 0 aliphatic heterocycles.